The average Bonchev–Trinajstić information content (AvgIpc) is 2.42. The molecule has 2 rings (SSSR count). The largest absolute Gasteiger partial charge is 0.462 e. The highest BCUT2D eigenvalue weighted by Gasteiger charge is 2.06. The summed E-state index contributed by atoms with van der Waals surface area (Å²) in [6.07, 6.45) is 0. The van der Waals surface area contributed by atoms with Gasteiger partial charge in [-0.25, -0.2) is 4.79 Å². The second-order valence-corrected chi connectivity index (χ2v) is 3.92. The minimum atomic E-state index is -0.332. The maximum atomic E-state index is 11.5. The van der Waals surface area contributed by atoms with Gasteiger partial charge in [-0.15, -0.1) is 0 Å². The molecule has 19 heavy (non-hydrogen) atoms. The van der Waals surface area contributed by atoms with Crippen molar-refractivity contribution in [2.45, 2.75) is 6.92 Å². The number of carbonyl (C=O) groups is 1. The molecule has 0 heterocycles. The van der Waals surface area contributed by atoms with Crippen LogP contribution in [0.4, 0.5) is 5.69 Å². The van der Waals surface area contributed by atoms with Crippen molar-refractivity contribution < 1.29 is 14.3 Å². The summed E-state index contributed by atoms with van der Waals surface area (Å²) in [5.41, 5.74) is 6.79. The van der Waals surface area contributed by atoms with E-state index in [9.17, 15) is 4.79 Å². The highest BCUT2D eigenvalue weighted by Crippen LogP contribution is 2.22. The van der Waals surface area contributed by atoms with Crippen LogP contribution >= 0.6 is 0 Å². The summed E-state index contributed by atoms with van der Waals surface area (Å²) in [6.45, 7) is 2.14. The summed E-state index contributed by atoms with van der Waals surface area (Å²) < 4.78 is 10.5. The number of hydrogen-bond donors (Lipinski definition) is 1. The Labute approximate surface area is 111 Å². The Morgan fingerprint density at radius 3 is 2.05 bits per heavy atom. The number of nitrogens with two attached hydrogens (primary N) is 1. The lowest BCUT2D eigenvalue weighted by molar-refractivity contribution is 0.0526. The molecule has 2 aromatic rings. The van der Waals surface area contributed by atoms with Crippen LogP contribution in [0, 0.1) is 0 Å². The molecule has 0 atom stereocenters. The van der Waals surface area contributed by atoms with Crippen LogP contribution in [0.15, 0.2) is 48.5 Å². The predicted octanol–water partition coefficient (Wildman–Crippen LogP) is 3.24. The average molecular weight is 257 g/mol. The smallest absolute Gasteiger partial charge is 0.338 e. The number of anilines is 1. The van der Waals surface area contributed by atoms with Crippen molar-refractivity contribution in [3.05, 3.63) is 54.1 Å². The zero-order chi connectivity index (χ0) is 13.7. The maximum Gasteiger partial charge on any atom is 0.338 e. The van der Waals surface area contributed by atoms with Gasteiger partial charge >= 0.3 is 5.97 Å². The highest BCUT2D eigenvalue weighted by molar-refractivity contribution is 5.89. The van der Waals surface area contributed by atoms with E-state index in [0.717, 1.165) is 0 Å². The zero-order valence-electron chi connectivity index (χ0n) is 10.6. The summed E-state index contributed by atoms with van der Waals surface area (Å²) in [6, 6.07) is 13.9. The monoisotopic (exact) mass is 257 g/mol. The number of nitrogen functional groups attached to an aromatic ring is 1. The van der Waals surface area contributed by atoms with E-state index in [1.165, 1.54) is 0 Å². The summed E-state index contributed by atoms with van der Waals surface area (Å²) in [5.74, 6) is 1.01. The van der Waals surface area contributed by atoms with Crippen LogP contribution in [0.3, 0.4) is 0 Å². The highest BCUT2D eigenvalue weighted by atomic mass is 16.5. The lowest BCUT2D eigenvalue weighted by atomic mass is 10.2. The van der Waals surface area contributed by atoms with Gasteiger partial charge in [0.05, 0.1) is 12.2 Å². The number of ether oxygens (including phenoxy) is 2. The van der Waals surface area contributed by atoms with E-state index in [1.807, 2.05) is 0 Å². The van der Waals surface area contributed by atoms with E-state index < -0.39 is 0 Å². The van der Waals surface area contributed by atoms with E-state index in [2.05, 4.69) is 0 Å². The van der Waals surface area contributed by atoms with Gasteiger partial charge in [0.25, 0.3) is 0 Å². The van der Waals surface area contributed by atoms with Crippen LogP contribution < -0.4 is 10.5 Å². The van der Waals surface area contributed by atoms with Crippen LogP contribution in [-0.4, -0.2) is 12.6 Å². The van der Waals surface area contributed by atoms with Gasteiger partial charge in [0.2, 0.25) is 0 Å². The first-order chi connectivity index (χ1) is 9.19. The van der Waals surface area contributed by atoms with Crippen molar-refractivity contribution in [3.8, 4) is 11.5 Å². The van der Waals surface area contributed by atoms with Crippen LogP contribution in [0.5, 0.6) is 11.5 Å². The molecule has 2 aromatic carbocycles. The Morgan fingerprint density at radius 1 is 1.00 bits per heavy atom. The topological polar surface area (TPSA) is 61.5 Å². The Morgan fingerprint density at radius 2 is 1.53 bits per heavy atom. The second-order valence-electron chi connectivity index (χ2n) is 3.92. The van der Waals surface area contributed by atoms with E-state index in [4.69, 9.17) is 15.2 Å². The fourth-order valence-corrected chi connectivity index (χ4v) is 1.55. The lowest BCUT2D eigenvalue weighted by Gasteiger charge is -2.07. The van der Waals surface area contributed by atoms with Crippen molar-refractivity contribution in [2.75, 3.05) is 12.3 Å². The Balaban J connectivity index is 2.06. The molecule has 98 valence electrons. The third kappa shape index (κ3) is 3.48. The molecule has 0 radical (unpaired) electrons. The van der Waals surface area contributed by atoms with Gasteiger partial charge in [0.15, 0.2) is 0 Å². The second kappa shape index (κ2) is 5.91. The van der Waals surface area contributed by atoms with Crippen molar-refractivity contribution in [2.24, 2.45) is 0 Å². The number of benzene rings is 2. The molecule has 4 nitrogen and oxygen atoms in total. The summed E-state index contributed by atoms with van der Waals surface area (Å²) in [7, 11) is 0. The Hall–Kier alpha value is -2.49. The fourth-order valence-electron chi connectivity index (χ4n) is 1.55. The third-order valence-electron chi connectivity index (χ3n) is 2.48. The third-order valence-corrected chi connectivity index (χ3v) is 2.48. The lowest BCUT2D eigenvalue weighted by Crippen LogP contribution is -2.03. The molecule has 4 heteroatoms. The van der Waals surface area contributed by atoms with Crippen LogP contribution in [0.1, 0.15) is 17.3 Å². The number of hydrogen-bond acceptors (Lipinski definition) is 4. The standard InChI is InChI=1S/C15H15NO3/c1-2-18-15(17)11-3-7-13(8-4-11)19-14-9-5-12(16)6-10-14/h3-10H,2,16H2,1H3. The first kappa shape index (κ1) is 13.0. The number of esters is 1. The van der Waals surface area contributed by atoms with Crippen LogP contribution in [0.25, 0.3) is 0 Å². The van der Waals surface area contributed by atoms with Gasteiger partial charge in [-0.2, -0.15) is 0 Å². The minimum absolute atomic E-state index is 0.332. The predicted molar refractivity (Wildman–Crippen MR) is 73.3 cm³/mol. The molecule has 0 aliphatic rings. The molecule has 0 bridgehead atoms. The van der Waals surface area contributed by atoms with Crippen molar-refractivity contribution in [1.29, 1.82) is 0 Å². The Kier molecular flexibility index (Phi) is 4.03. The van der Waals surface area contributed by atoms with E-state index in [0.29, 0.717) is 29.4 Å². The van der Waals surface area contributed by atoms with Gasteiger partial charge in [-0.1, -0.05) is 0 Å². The van der Waals surface area contributed by atoms with Crippen LogP contribution in [0.2, 0.25) is 0 Å². The van der Waals surface area contributed by atoms with Crippen LogP contribution in [-0.2, 0) is 4.74 Å². The number of carbonyl (C=O) groups excluding carboxylic acids is 1. The van der Waals surface area contributed by atoms with Crippen molar-refractivity contribution in [1.82, 2.24) is 0 Å². The molecular weight excluding hydrogens is 242 g/mol. The molecule has 0 saturated carbocycles. The van der Waals surface area contributed by atoms with Gasteiger partial charge in [0, 0.05) is 5.69 Å². The molecule has 0 spiro atoms. The Bertz CT molecular complexity index is 547. The molecule has 0 fully saturated rings. The molecular formula is C15H15NO3. The SMILES string of the molecule is CCOC(=O)c1ccc(Oc2ccc(N)cc2)cc1. The van der Waals surface area contributed by atoms with Gasteiger partial charge < -0.3 is 15.2 Å². The normalized spacial score (nSPS) is 9.95. The van der Waals surface area contributed by atoms with Crippen molar-refractivity contribution >= 4 is 11.7 Å². The van der Waals surface area contributed by atoms with Gasteiger partial charge in [-0.05, 0) is 55.5 Å². The first-order valence-corrected chi connectivity index (χ1v) is 5.99. The summed E-state index contributed by atoms with van der Waals surface area (Å²) >= 11 is 0. The fraction of sp³-hybridized carbons (Fsp3) is 0.133. The molecule has 0 saturated heterocycles. The molecule has 0 amide bonds. The quantitative estimate of drug-likeness (QED) is 0.674. The summed E-state index contributed by atoms with van der Waals surface area (Å²) in [5, 5.41) is 0. The first-order valence-electron chi connectivity index (χ1n) is 5.99. The zero-order valence-corrected chi connectivity index (χ0v) is 10.6. The van der Waals surface area contributed by atoms with Crippen molar-refractivity contribution in [3.63, 3.8) is 0 Å². The van der Waals surface area contributed by atoms with E-state index in [1.54, 1.807) is 55.5 Å². The minimum Gasteiger partial charge on any atom is -0.462 e. The molecule has 0 aliphatic carbocycles. The number of rotatable bonds is 4. The molecule has 0 aliphatic heterocycles. The van der Waals surface area contributed by atoms with E-state index >= 15 is 0 Å². The molecule has 0 unspecified atom stereocenters. The molecule has 2 N–H and O–H groups in total. The maximum absolute atomic E-state index is 11.5. The van der Waals surface area contributed by atoms with E-state index in [-0.39, 0.29) is 5.97 Å². The summed E-state index contributed by atoms with van der Waals surface area (Å²) in [4.78, 5) is 11.5. The van der Waals surface area contributed by atoms with Gasteiger partial charge in [-0.3, -0.25) is 0 Å². The van der Waals surface area contributed by atoms with Gasteiger partial charge in [0.1, 0.15) is 11.5 Å². The molecule has 0 aromatic heterocycles.